The molecule has 0 unspecified atom stereocenters. The van der Waals surface area contributed by atoms with Crippen LogP contribution in [-0.2, 0) is 0 Å². The summed E-state index contributed by atoms with van der Waals surface area (Å²) in [5.41, 5.74) is 9.47. The van der Waals surface area contributed by atoms with E-state index < -0.39 is 0 Å². The molecule has 2 aromatic heterocycles. The van der Waals surface area contributed by atoms with Crippen molar-refractivity contribution in [2.45, 2.75) is 6.92 Å². The number of hydrogen-bond donors (Lipinski definition) is 1. The van der Waals surface area contributed by atoms with Gasteiger partial charge in [0.1, 0.15) is 5.52 Å². The number of rotatable bonds is 1. The van der Waals surface area contributed by atoms with Crippen LogP contribution in [0.2, 0.25) is 0 Å². The summed E-state index contributed by atoms with van der Waals surface area (Å²) in [4.78, 5) is 8.82. The first-order chi connectivity index (χ1) is 8.65. The number of fused-ring (bicyclic) bond motifs is 1. The fraction of sp³-hybridized carbons (Fsp3) is 0.0769. The molecule has 2 heterocycles. The Morgan fingerprint density at radius 2 is 1.78 bits per heavy atom. The van der Waals surface area contributed by atoms with Crippen molar-refractivity contribution in [2.75, 3.05) is 5.73 Å². The zero-order chi connectivity index (χ0) is 12.7. The number of nitrogens with two attached hydrogens (primary N) is 1. The molecule has 1 aromatic carbocycles. The molecule has 0 saturated carbocycles. The van der Waals surface area contributed by atoms with Crippen molar-refractivity contribution in [3.05, 3.63) is 46.6 Å². The van der Waals surface area contributed by atoms with Crippen LogP contribution in [0.15, 0.2) is 40.9 Å². The number of pyridine rings is 1. The summed E-state index contributed by atoms with van der Waals surface area (Å²) in [7, 11) is 0. The van der Waals surface area contributed by atoms with E-state index in [1.54, 1.807) is 0 Å². The molecule has 0 amide bonds. The van der Waals surface area contributed by atoms with Crippen LogP contribution in [0.5, 0.6) is 0 Å². The molecule has 0 aliphatic carbocycles. The molecular formula is C13H11BrN4. The molecule has 90 valence electrons. The summed E-state index contributed by atoms with van der Waals surface area (Å²) in [6, 6.07) is 11.8. The van der Waals surface area contributed by atoms with Gasteiger partial charge in [-0.3, -0.25) is 4.57 Å². The van der Waals surface area contributed by atoms with Gasteiger partial charge in [0.2, 0.25) is 5.95 Å². The topological polar surface area (TPSA) is 56.7 Å². The standard InChI is InChI=1S/C13H11BrN4/c1-8-2-7-11-12(16-8)18(13(15)17-11)10-5-3-9(14)4-6-10/h2-7H,1H3,(H2,15,17). The van der Waals surface area contributed by atoms with Gasteiger partial charge in [0.15, 0.2) is 5.65 Å². The van der Waals surface area contributed by atoms with E-state index in [0.717, 1.165) is 27.0 Å². The van der Waals surface area contributed by atoms with Crippen LogP contribution < -0.4 is 5.73 Å². The van der Waals surface area contributed by atoms with Crippen LogP contribution in [-0.4, -0.2) is 14.5 Å². The lowest BCUT2D eigenvalue weighted by molar-refractivity contribution is 1.07. The van der Waals surface area contributed by atoms with Gasteiger partial charge in [-0.05, 0) is 43.3 Å². The van der Waals surface area contributed by atoms with Crippen molar-refractivity contribution in [1.29, 1.82) is 0 Å². The minimum atomic E-state index is 0.449. The van der Waals surface area contributed by atoms with Gasteiger partial charge in [0.05, 0.1) is 5.69 Å². The summed E-state index contributed by atoms with van der Waals surface area (Å²) >= 11 is 3.42. The lowest BCUT2D eigenvalue weighted by Gasteiger charge is -2.06. The third-order valence-electron chi connectivity index (χ3n) is 2.75. The molecule has 0 radical (unpaired) electrons. The molecular weight excluding hydrogens is 292 g/mol. The van der Waals surface area contributed by atoms with Crippen molar-refractivity contribution in [3.63, 3.8) is 0 Å². The van der Waals surface area contributed by atoms with Gasteiger partial charge in [0, 0.05) is 10.2 Å². The first-order valence-electron chi connectivity index (χ1n) is 5.52. The number of aromatic nitrogens is 3. The van der Waals surface area contributed by atoms with E-state index in [0.29, 0.717) is 5.95 Å². The van der Waals surface area contributed by atoms with Crippen molar-refractivity contribution in [1.82, 2.24) is 14.5 Å². The van der Waals surface area contributed by atoms with E-state index in [9.17, 15) is 0 Å². The van der Waals surface area contributed by atoms with Gasteiger partial charge in [-0.2, -0.15) is 0 Å². The van der Waals surface area contributed by atoms with Crippen molar-refractivity contribution < 1.29 is 0 Å². The second-order valence-electron chi connectivity index (χ2n) is 4.08. The molecule has 0 atom stereocenters. The number of imidazole rings is 1. The Hall–Kier alpha value is -1.88. The van der Waals surface area contributed by atoms with Crippen LogP contribution in [0.3, 0.4) is 0 Å². The lowest BCUT2D eigenvalue weighted by Crippen LogP contribution is -2.01. The van der Waals surface area contributed by atoms with Gasteiger partial charge in [-0.1, -0.05) is 15.9 Å². The third-order valence-corrected chi connectivity index (χ3v) is 3.28. The second kappa shape index (κ2) is 4.10. The fourth-order valence-corrected chi connectivity index (χ4v) is 2.18. The van der Waals surface area contributed by atoms with Gasteiger partial charge in [0.25, 0.3) is 0 Å². The maximum atomic E-state index is 5.97. The van der Waals surface area contributed by atoms with E-state index >= 15 is 0 Å². The molecule has 3 aromatic rings. The first kappa shape index (κ1) is 11.2. The van der Waals surface area contributed by atoms with Crippen LogP contribution >= 0.6 is 15.9 Å². The Bertz CT molecular complexity index is 716. The van der Waals surface area contributed by atoms with Gasteiger partial charge in [-0.15, -0.1) is 0 Å². The largest absolute Gasteiger partial charge is 0.369 e. The highest BCUT2D eigenvalue weighted by Gasteiger charge is 2.11. The zero-order valence-electron chi connectivity index (χ0n) is 9.76. The lowest BCUT2D eigenvalue weighted by atomic mass is 10.3. The molecule has 2 N–H and O–H groups in total. The Morgan fingerprint density at radius 1 is 1.06 bits per heavy atom. The minimum Gasteiger partial charge on any atom is -0.369 e. The molecule has 0 fully saturated rings. The normalized spacial score (nSPS) is 11.0. The van der Waals surface area contributed by atoms with E-state index in [1.165, 1.54) is 0 Å². The van der Waals surface area contributed by atoms with E-state index in [4.69, 9.17) is 5.73 Å². The first-order valence-corrected chi connectivity index (χ1v) is 6.32. The highest BCUT2D eigenvalue weighted by atomic mass is 79.9. The highest BCUT2D eigenvalue weighted by Crippen LogP contribution is 2.23. The SMILES string of the molecule is Cc1ccc2nc(N)n(-c3ccc(Br)cc3)c2n1. The zero-order valence-corrected chi connectivity index (χ0v) is 11.3. The molecule has 0 saturated heterocycles. The van der Waals surface area contributed by atoms with Crippen molar-refractivity contribution in [2.24, 2.45) is 0 Å². The highest BCUT2D eigenvalue weighted by molar-refractivity contribution is 9.10. The van der Waals surface area contributed by atoms with Crippen LogP contribution in [0.4, 0.5) is 5.95 Å². The molecule has 0 spiro atoms. The number of nitrogen functional groups attached to an aromatic ring is 1. The van der Waals surface area contributed by atoms with Crippen molar-refractivity contribution >= 4 is 33.0 Å². The number of hydrogen-bond acceptors (Lipinski definition) is 3. The average molecular weight is 303 g/mol. The molecule has 0 aliphatic rings. The average Bonchev–Trinajstić information content (AvgIpc) is 2.66. The maximum Gasteiger partial charge on any atom is 0.207 e. The van der Waals surface area contributed by atoms with E-state index in [-0.39, 0.29) is 0 Å². The number of nitrogens with zero attached hydrogens (tertiary/aromatic N) is 3. The van der Waals surface area contributed by atoms with Crippen LogP contribution in [0, 0.1) is 6.92 Å². The smallest absolute Gasteiger partial charge is 0.207 e. The van der Waals surface area contributed by atoms with Crippen LogP contribution in [0.1, 0.15) is 5.69 Å². The van der Waals surface area contributed by atoms with Crippen LogP contribution in [0.25, 0.3) is 16.9 Å². The summed E-state index contributed by atoms with van der Waals surface area (Å²) in [6.45, 7) is 1.95. The summed E-state index contributed by atoms with van der Waals surface area (Å²) in [6.07, 6.45) is 0. The second-order valence-corrected chi connectivity index (χ2v) is 4.99. The molecule has 0 bridgehead atoms. The molecule has 0 aliphatic heterocycles. The predicted molar refractivity (Wildman–Crippen MR) is 75.7 cm³/mol. The minimum absolute atomic E-state index is 0.449. The molecule has 4 nitrogen and oxygen atoms in total. The predicted octanol–water partition coefficient (Wildman–Crippen LogP) is 3.07. The van der Waals surface area contributed by atoms with Crippen molar-refractivity contribution in [3.8, 4) is 5.69 Å². The van der Waals surface area contributed by atoms with E-state index in [1.807, 2.05) is 47.9 Å². The Labute approximate surface area is 113 Å². The maximum absolute atomic E-state index is 5.97. The molecule has 18 heavy (non-hydrogen) atoms. The van der Waals surface area contributed by atoms with E-state index in [2.05, 4.69) is 25.9 Å². The molecule has 3 rings (SSSR count). The number of halogens is 1. The van der Waals surface area contributed by atoms with Gasteiger partial charge >= 0.3 is 0 Å². The Kier molecular flexibility index (Phi) is 2.56. The summed E-state index contributed by atoms with van der Waals surface area (Å²) in [5, 5.41) is 0. The quantitative estimate of drug-likeness (QED) is 0.751. The summed E-state index contributed by atoms with van der Waals surface area (Å²) < 4.78 is 2.88. The third kappa shape index (κ3) is 1.76. The number of anilines is 1. The van der Waals surface area contributed by atoms with Gasteiger partial charge < -0.3 is 5.73 Å². The number of aryl methyl sites for hydroxylation is 1. The number of benzene rings is 1. The van der Waals surface area contributed by atoms with Gasteiger partial charge in [-0.25, -0.2) is 9.97 Å². The summed E-state index contributed by atoms with van der Waals surface area (Å²) in [5.74, 6) is 0.449. The fourth-order valence-electron chi connectivity index (χ4n) is 1.91. The molecule has 5 heteroatoms. The Morgan fingerprint density at radius 3 is 2.50 bits per heavy atom. The monoisotopic (exact) mass is 302 g/mol. The Balaban J connectivity index is 2.30.